The lowest BCUT2D eigenvalue weighted by molar-refractivity contribution is 0.180. The molecular weight excluding hydrogens is 478 g/mol. The topological polar surface area (TPSA) is 164 Å². The third-order valence-corrected chi connectivity index (χ3v) is 6.34. The number of aliphatic hydroxyl groups excluding tert-OH is 1. The van der Waals surface area contributed by atoms with Crippen molar-refractivity contribution < 1.29 is 27.1 Å². The SMILES string of the molecule is COc1c(/C=C/C(O)NCc2ccco2)c(NS(=O)(=O)c2ccccc2)cc2[nH]c(=O)oc(=O)c12. The number of rotatable bonds is 9. The molecule has 11 nitrogen and oxygen atoms in total. The van der Waals surface area contributed by atoms with Crippen molar-refractivity contribution >= 4 is 32.7 Å². The second-order valence-corrected chi connectivity index (χ2v) is 8.96. The van der Waals surface area contributed by atoms with Gasteiger partial charge in [-0.3, -0.25) is 15.0 Å². The molecule has 0 radical (unpaired) electrons. The summed E-state index contributed by atoms with van der Waals surface area (Å²) in [5.41, 5.74) is -0.849. The van der Waals surface area contributed by atoms with Crippen LogP contribution in [0, 0.1) is 0 Å². The van der Waals surface area contributed by atoms with Crippen LogP contribution in [0.1, 0.15) is 11.3 Å². The molecule has 0 bridgehead atoms. The highest BCUT2D eigenvalue weighted by Gasteiger charge is 2.22. The number of aromatic amines is 1. The number of sulfonamides is 1. The van der Waals surface area contributed by atoms with Crippen LogP contribution in [0.4, 0.5) is 5.69 Å². The Balaban J connectivity index is 1.79. The van der Waals surface area contributed by atoms with Crippen LogP contribution < -0.4 is 26.2 Å². The van der Waals surface area contributed by atoms with Gasteiger partial charge in [-0.2, -0.15) is 0 Å². The molecule has 12 heteroatoms. The van der Waals surface area contributed by atoms with E-state index in [1.807, 2.05) is 0 Å². The molecule has 0 saturated heterocycles. The zero-order valence-corrected chi connectivity index (χ0v) is 19.2. The molecule has 182 valence electrons. The van der Waals surface area contributed by atoms with E-state index in [0.29, 0.717) is 5.76 Å². The van der Waals surface area contributed by atoms with Crippen molar-refractivity contribution in [3.05, 3.63) is 93.2 Å². The van der Waals surface area contributed by atoms with Gasteiger partial charge in [-0.15, -0.1) is 0 Å². The summed E-state index contributed by atoms with van der Waals surface area (Å²) in [6.45, 7) is 0.228. The van der Waals surface area contributed by atoms with Gasteiger partial charge in [0, 0.05) is 5.56 Å². The Morgan fingerprint density at radius 1 is 1.17 bits per heavy atom. The fourth-order valence-electron chi connectivity index (χ4n) is 3.38. The van der Waals surface area contributed by atoms with Gasteiger partial charge in [0.1, 0.15) is 23.1 Å². The molecule has 4 rings (SSSR count). The number of nitrogens with one attached hydrogen (secondary N) is 3. The number of H-pyrrole nitrogens is 1. The predicted octanol–water partition coefficient (Wildman–Crippen LogP) is 2.01. The number of aliphatic hydroxyl groups is 1. The molecule has 0 amide bonds. The van der Waals surface area contributed by atoms with E-state index in [-0.39, 0.29) is 39.3 Å². The summed E-state index contributed by atoms with van der Waals surface area (Å²) in [4.78, 5) is 26.5. The van der Waals surface area contributed by atoms with Crippen LogP contribution in [0.2, 0.25) is 0 Å². The molecule has 0 aliphatic heterocycles. The number of hydrogen-bond donors (Lipinski definition) is 4. The number of ether oxygens (including phenoxy) is 1. The fourth-order valence-corrected chi connectivity index (χ4v) is 4.48. The lowest BCUT2D eigenvalue weighted by atomic mass is 10.1. The standard InChI is InChI=1S/C23H21N3O8S/c1-32-21-16(9-10-19(27)24-13-14-6-5-11-33-14)17(12-18-20(21)22(28)34-23(29)25-18)26-35(30,31)15-7-3-2-4-8-15/h2-12,19,24,26-27H,13H2,1H3,(H,25,29)/b10-9+. The summed E-state index contributed by atoms with van der Waals surface area (Å²) in [5, 5.41) is 13.0. The Kier molecular flexibility index (Phi) is 6.87. The first-order valence-corrected chi connectivity index (χ1v) is 11.7. The maximum absolute atomic E-state index is 13.0. The summed E-state index contributed by atoms with van der Waals surface area (Å²) in [6, 6.07) is 12.4. The molecule has 0 aliphatic carbocycles. The lowest BCUT2D eigenvalue weighted by Crippen LogP contribution is -2.25. The lowest BCUT2D eigenvalue weighted by Gasteiger charge is -2.16. The van der Waals surface area contributed by atoms with E-state index in [2.05, 4.69) is 19.4 Å². The van der Waals surface area contributed by atoms with Crippen molar-refractivity contribution in [1.82, 2.24) is 10.3 Å². The second-order valence-electron chi connectivity index (χ2n) is 7.28. The van der Waals surface area contributed by atoms with Gasteiger partial charge >= 0.3 is 11.4 Å². The van der Waals surface area contributed by atoms with Crippen molar-refractivity contribution in [1.29, 1.82) is 0 Å². The Labute approximate surface area is 198 Å². The average Bonchev–Trinajstić information content (AvgIpc) is 3.35. The van der Waals surface area contributed by atoms with E-state index in [0.717, 1.165) is 0 Å². The van der Waals surface area contributed by atoms with E-state index >= 15 is 0 Å². The molecule has 0 aliphatic rings. The Morgan fingerprint density at radius 2 is 1.94 bits per heavy atom. The molecule has 0 saturated carbocycles. The molecule has 4 aromatic rings. The summed E-state index contributed by atoms with van der Waals surface area (Å²) in [7, 11) is -2.78. The Bertz CT molecular complexity index is 1570. The van der Waals surface area contributed by atoms with Crippen molar-refractivity contribution in [2.45, 2.75) is 17.7 Å². The maximum atomic E-state index is 13.0. The molecule has 2 aromatic heterocycles. The van der Waals surface area contributed by atoms with Crippen LogP contribution >= 0.6 is 0 Å². The van der Waals surface area contributed by atoms with Gasteiger partial charge in [-0.1, -0.05) is 18.2 Å². The van der Waals surface area contributed by atoms with Crippen LogP contribution in [-0.2, 0) is 16.6 Å². The van der Waals surface area contributed by atoms with E-state index in [1.165, 1.54) is 43.7 Å². The first kappa shape index (κ1) is 24.0. The number of benzene rings is 2. The Morgan fingerprint density at radius 3 is 2.63 bits per heavy atom. The molecule has 4 N–H and O–H groups in total. The minimum absolute atomic E-state index is 0.00232. The number of anilines is 1. The van der Waals surface area contributed by atoms with E-state index < -0.39 is 27.6 Å². The summed E-state index contributed by atoms with van der Waals surface area (Å²) >= 11 is 0. The van der Waals surface area contributed by atoms with Crippen LogP contribution in [0.15, 0.2) is 84.2 Å². The molecule has 0 spiro atoms. The molecular formula is C23H21N3O8S. The second kappa shape index (κ2) is 10.0. The molecule has 1 unspecified atom stereocenters. The third kappa shape index (κ3) is 5.35. The molecule has 1 atom stereocenters. The summed E-state index contributed by atoms with van der Waals surface area (Å²) < 4.78 is 43.7. The first-order valence-electron chi connectivity index (χ1n) is 10.3. The fraction of sp³-hybridized carbons (Fsp3) is 0.130. The van der Waals surface area contributed by atoms with Gasteiger partial charge in [0.25, 0.3) is 10.0 Å². The first-order chi connectivity index (χ1) is 16.8. The minimum atomic E-state index is -4.05. The van der Waals surface area contributed by atoms with Gasteiger partial charge in [0.2, 0.25) is 0 Å². The molecule has 35 heavy (non-hydrogen) atoms. The van der Waals surface area contributed by atoms with E-state index in [9.17, 15) is 23.1 Å². The number of furan rings is 1. The van der Waals surface area contributed by atoms with E-state index in [1.54, 1.807) is 30.3 Å². The van der Waals surface area contributed by atoms with Gasteiger partial charge in [0.05, 0.1) is 36.0 Å². The summed E-state index contributed by atoms with van der Waals surface area (Å²) in [5.74, 6) is -0.478. The smallest absolute Gasteiger partial charge is 0.419 e. The molecule has 2 aromatic carbocycles. The number of hydrogen-bond acceptors (Lipinski definition) is 9. The number of aromatic nitrogens is 1. The van der Waals surface area contributed by atoms with Crippen LogP contribution in [0.25, 0.3) is 17.0 Å². The van der Waals surface area contributed by atoms with Crippen LogP contribution in [0.3, 0.4) is 0 Å². The predicted molar refractivity (Wildman–Crippen MR) is 127 cm³/mol. The average molecular weight is 500 g/mol. The largest absolute Gasteiger partial charge is 0.495 e. The third-order valence-electron chi connectivity index (χ3n) is 4.96. The highest BCUT2D eigenvalue weighted by Crippen LogP contribution is 2.35. The van der Waals surface area contributed by atoms with E-state index in [4.69, 9.17) is 9.15 Å². The number of fused-ring (bicyclic) bond motifs is 1. The van der Waals surface area contributed by atoms with Gasteiger partial charge in [-0.05, 0) is 42.5 Å². The zero-order valence-electron chi connectivity index (χ0n) is 18.3. The van der Waals surface area contributed by atoms with Crippen molar-refractivity contribution in [2.24, 2.45) is 0 Å². The van der Waals surface area contributed by atoms with Gasteiger partial charge < -0.3 is 18.7 Å². The number of methoxy groups -OCH3 is 1. The minimum Gasteiger partial charge on any atom is -0.495 e. The maximum Gasteiger partial charge on any atom is 0.419 e. The molecule has 2 heterocycles. The van der Waals surface area contributed by atoms with Crippen molar-refractivity contribution in [2.75, 3.05) is 11.8 Å². The summed E-state index contributed by atoms with van der Waals surface area (Å²) in [6.07, 6.45) is 3.05. The highest BCUT2D eigenvalue weighted by molar-refractivity contribution is 7.92. The van der Waals surface area contributed by atoms with Crippen molar-refractivity contribution in [3.8, 4) is 5.75 Å². The van der Waals surface area contributed by atoms with Gasteiger partial charge in [-0.25, -0.2) is 18.0 Å². The zero-order chi connectivity index (χ0) is 25.0. The molecule has 0 fully saturated rings. The highest BCUT2D eigenvalue weighted by atomic mass is 32.2. The Hall–Kier alpha value is -4.13. The van der Waals surface area contributed by atoms with Crippen molar-refractivity contribution in [3.63, 3.8) is 0 Å². The monoisotopic (exact) mass is 499 g/mol. The van der Waals surface area contributed by atoms with Crippen LogP contribution in [0.5, 0.6) is 5.75 Å². The van der Waals surface area contributed by atoms with Gasteiger partial charge in [0.15, 0.2) is 0 Å². The quantitative estimate of drug-likeness (QED) is 0.252. The van der Waals surface area contributed by atoms with Crippen LogP contribution in [-0.4, -0.2) is 31.8 Å². The normalized spacial score (nSPS) is 12.7.